The molecule has 1 atom stereocenters. The van der Waals surface area contributed by atoms with E-state index in [1.165, 1.54) is 6.26 Å². The molecule has 0 heterocycles. The van der Waals surface area contributed by atoms with Gasteiger partial charge in [-0.05, 0) is 17.5 Å². The Morgan fingerprint density at radius 3 is 2.47 bits per heavy atom. The summed E-state index contributed by atoms with van der Waals surface area (Å²) in [5, 5.41) is 8.80. The zero-order valence-corrected chi connectivity index (χ0v) is 10.7. The van der Waals surface area contributed by atoms with E-state index in [0.29, 0.717) is 12.0 Å². The van der Waals surface area contributed by atoms with Crippen LogP contribution in [-0.4, -0.2) is 25.7 Å². The molecule has 0 saturated heterocycles. The van der Waals surface area contributed by atoms with E-state index in [4.69, 9.17) is 5.11 Å². The van der Waals surface area contributed by atoms with Gasteiger partial charge >= 0.3 is 5.97 Å². The fourth-order valence-corrected chi connectivity index (χ4v) is 2.38. The van der Waals surface area contributed by atoms with Gasteiger partial charge in [-0.2, -0.15) is 0 Å². The number of aliphatic carboxylic acids is 1. The topological polar surface area (TPSA) is 71.4 Å². The van der Waals surface area contributed by atoms with E-state index in [-0.39, 0.29) is 5.75 Å². The first-order valence-electron chi connectivity index (χ1n) is 5.26. The Kier molecular flexibility index (Phi) is 4.28. The van der Waals surface area contributed by atoms with Crippen LogP contribution in [0.2, 0.25) is 0 Å². The Balaban J connectivity index is 2.83. The molecule has 0 aliphatic rings. The molecule has 17 heavy (non-hydrogen) atoms. The number of carbonyl (C=O) groups is 1. The first kappa shape index (κ1) is 13.7. The molecule has 0 amide bonds. The summed E-state index contributed by atoms with van der Waals surface area (Å²) >= 11 is 0. The van der Waals surface area contributed by atoms with Crippen molar-refractivity contribution < 1.29 is 18.3 Å². The molecule has 0 aliphatic heterocycles. The number of rotatable bonds is 5. The maximum Gasteiger partial charge on any atom is 0.306 e. The predicted octanol–water partition coefficient (Wildman–Crippen LogP) is 1.49. The lowest BCUT2D eigenvalue weighted by Crippen LogP contribution is -2.12. The van der Waals surface area contributed by atoms with E-state index in [1.54, 1.807) is 25.1 Å². The van der Waals surface area contributed by atoms with Crippen LogP contribution in [0.3, 0.4) is 0 Å². The molecule has 0 radical (unpaired) electrons. The fourth-order valence-electron chi connectivity index (χ4n) is 1.59. The third-order valence-electron chi connectivity index (χ3n) is 2.38. The van der Waals surface area contributed by atoms with Crippen LogP contribution in [0.1, 0.15) is 18.1 Å². The molecule has 1 aromatic rings. The quantitative estimate of drug-likeness (QED) is 0.866. The Labute approximate surface area is 101 Å². The highest BCUT2D eigenvalue weighted by Gasteiger charge is 2.12. The third-order valence-corrected chi connectivity index (χ3v) is 3.24. The van der Waals surface area contributed by atoms with Crippen LogP contribution in [0.4, 0.5) is 0 Å². The number of hydrogen-bond donors (Lipinski definition) is 1. The van der Waals surface area contributed by atoms with Gasteiger partial charge in [-0.1, -0.05) is 31.2 Å². The molecule has 1 rings (SSSR count). The van der Waals surface area contributed by atoms with E-state index in [1.807, 2.05) is 6.07 Å². The number of carboxylic acid groups (broad SMARTS) is 1. The van der Waals surface area contributed by atoms with Crippen LogP contribution in [-0.2, 0) is 26.8 Å². The van der Waals surface area contributed by atoms with Crippen molar-refractivity contribution in [3.05, 3.63) is 35.4 Å². The van der Waals surface area contributed by atoms with Gasteiger partial charge in [-0.3, -0.25) is 4.79 Å². The molecule has 0 bridgehead atoms. The van der Waals surface area contributed by atoms with Crippen molar-refractivity contribution in [2.75, 3.05) is 6.26 Å². The van der Waals surface area contributed by atoms with Gasteiger partial charge in [0, 0.05) is 6.26 Å². The molecule has 1 aromatic carbocycles. The Bertz CT molecular complexity index is 505. The van der Waals surface area contributed by atoms with Gasteiger partial charge in [-0.25, -0.2) is 8.42 Å². The second-order valence-electron chi connectivity index (χ2n) is 4.33. The van der Waals surface area contributed by atoms with Crippen LogP contribution in [0.25, 0.3) is 0 Å². The molecule has 0 spiro atoms. The predicted molar refractivity (Wildman–Crippen MR) is 65.5 cm³/mol. The summed E-state index contributed by atoms with van der Waals surface area (Å²) in [6.07, 6.45) is 1.59. The standard InChI is InChI=1S/C12H16O4S/c1-9(12(13)14)6-10-4-3-5-11(7-10)8-17(2,15)16/h3-5,7,9H,6,8H2,1-2H3,(H,13,14). The second kappa shape index (κ2) is 5.31. The zero-order chi connectivity index (χ0) is 13.1. The van der Waals surface area contributed by atoms with Crippen LogP contribution >= 0.6 is 0 Å². The van der Waals surface area contributed by atoms with Crippen molar-refractivity contribution >= 4 is 15.8 Å². The average Bonchev–Trinajstić information content (AvgIpc) is 2.15. The summed E-state index contributed by atoms with van der Waals surface area (Å²) < 4.78 is 22.3. The molecule has 4 nitrogen and oxygen atoms in total. The molecular formula is C12H16O4S. The number of benzene rings is 1. The molecular weight excluding hydrogens is 240 g/mol. The number of carboxylic acids is 1. The first-order chi connectivity index (χ1) is 7.78. The normalized spacial score (nSPS) is 13.3. The molecule has 5 heteroatoms. The number of sulfone groups is 1. The monoisotopic (exact) mass is 256 g/mol. The van der Waals surface area contributed by atoms with Crippen molar-refractivity contribution in [1.29, 1.82) is 0 Å². The Morgan fingerprint density at radius 2 is 1.94 bits per heavy atom. The highest BCUT2D eigenvalue weighted by molar-refractivity contribution is 7.89. The maximum absolute atomic E-state index is 11.1. The third kappa shape index (κ3) is 4.99. The van der Waals surface area contributed by atoms with Gasteiger partial charge in [-0.15, -0.1) is 0 Å². The molecule has 0 saturated carbocycles. The van der Waals surface area contributed by atoms with Gasteiger partial charge in [0.1, 0.15) is 0 Å². The van der Waals surface area contributed by atoms with Crippen molar-refractivity contribution in [2.45, 2.75) is 19.1 Å². The Hall–Kier alpha value is -1.36. The summed E-state index contributed by atoms with van der Waals surface area (Å²) in [6.45, 7) is 1.63. The smallest absolute Gasteiger partial charge is 0.306 e. The van der Waals surface area contributed by atoms with Gasteiger partial charge in [0.05, 0.1) is 11.7 Å². The Morgan fingerprint density at radius 1 is 1.35 bits per heavy atom. The zero-order valence-electron chi connectivity index (χ0n) is 9.88. The minimum absolute atomic E-state index is 0.0116. The minimum Gasteiger partial charge on any atom is -0.481 e. The SMILES string of the molecule is CC(Cc1cccc(CS(C)(=O)=O)c1)C(=O)O. The van der Waals surface area contributed by atoms with Crippen LogP contribution in [0.15, 0.2) is 24.3 Å². The highest BCUT2D eigenvalue weighted by atomic mass is 32.2. The maximum atomic E-state index is 11.1. The van der Waals surface area contributed by atoms with Gasteiger partial charge < -0.3 is 5.11 Å². The number of hydrogen-bond acceptors (Lipinski definition) is 3. The molecule has 1 N–H and O–H groups in total. The van der Waals surface area contributed by atoms with Crippen LogP contribution < -0.4 is 0 Å². The second-order valence-corrected chi connectivity index (χ2v) is 6.47. The summed E-state index contributed by atoms with van der Waals surface area (Å²) in [5.74, 6) is -1.33. The van der Waals surface area contributed by atoms with Gasteiger partial charge in [0.15, 0.2) is 9.84 Å². The van der Waals surface area contributed by atoms with E-state index in [2.05, 4.69) is 0 Å². The van der Waals surface area contributed by atoms with Gasteiger partial charge in [0.25, 0.3) is 0 Å². The lowest BCUT2D eigenvalue weighted by Gasteiger charge is -2.07. The minimum atomic E-state index is -3.06. The van der Waals surface area contributed by atoms with Crippen LogP contribution in [0, 0.1) is 5.92 Å². The largest absolute Gasteiger partial charge is 0.481 e. The van der Waals surface area contributed by atoms with E-state index in [9.17, 15) is 13.2 Å². The molecule has 0 aliphatic carbocycles. The van der Waals surface area contributed by atoms with Crippen LogP contribution in [0.5, 0.6) is 0 Å². The molecule has 1 unspecified atom stereocenters. The molecule has 0 fully saturated rings. The summed E-state index contributed by atoms with van der Waals surface area (Å²) in [6, 6.07) is 7.05. The van der Waals surface area contributed by atoms with E-state index in [0.717, 1.165) is 5.56 Å². The first-order valence-corrected chi connectivity index (χ1v) is 7.32. The molecule has 94 valence electrons. The summed E-state index contributed by atoms with van der Waals surface area (Å²) in [5.41, 5.74) is 1.55. The van der Waals surface area contributed by atoms with Crippen molar-refractivity contribution in [3.63, 3.8) is 0 Å². The van der Waals surface area contributed by atoms with Crippen molar-refractivity contribution in [1.82, 2.24) is 0 Å². The summed E-state index contributed by atoms with van der Waals surface area (Å²) in [4.78, 5) is 10.7. The lowest BCUT2D eigenvalue weighted by atomic mass is 10.00. The lowest BCUT2D eigenvalue weighted by molar-refractivity contribution is -0.141. The van der Waals surface area contributed by atoms with Gasteiger partial charge in [0.2, 0.25) is 0 Å². The van der Waals surface area contributed by atoms with Crippen molar-refractivity contribution in [2.24, 2.45) is 5.92 Å². The van der Waals surface area contributed by atoms with Crippen molar-refractivity contribution in [3.8, 4) is 0 Å². The van der Waals surface area contributed by atoms with E-state index >= 15 is 0 Å². The highest BCUT2D eigenvalue weighted by Crippen LogP contribution is 2.13. The van der Waals surface area contributed by atoms with E-state index < -0.39 is 21.7 Å². The fraction of sp³-hybridized carbons (Fsp3) is 0.417. The summed E-state index contributed by atoms with van der Waals surface area (Å²) in [7, 11) is -3.06. The average molecular weight is 256 g/mol. The molecule has 0 aromatic heterocycles.